The van der Waals surface area contributed by atoms with Crippen molar-refractivity contribution in [1.29, 1.82) is 0 Å². The van der Waals surface area contributed by atoms with Gasteiger partial charge in [0.15, 0.2) is 0 Å². The van der Waals surface area contributed by atoms with Gasteiger partial charge in [0.2, 0.25) is 0 Å². The summed E-state index contributed by atoms with van der Waals surface area (Å²) in [4.78, 5) is 11.4. The third kappa shape index (κ3) is 2.97. The molecule has 0 aromatic heterocycles. The summed E-state index contributed by atoms with van der Waals surface area (Å²) in [6.07, 6.45) is 2.51. The molecule has 0 spiro atoms. The number of rotatable bonds is 4. The van der Waals surface area contributed by atoms with Crippen molar-refractivity contribution in [3.8, 4) is 0 Å². The van der Waals surface area contributed by atoms with Crippen LogP contribution in [0.1, 0.15) is 40.5 Å². The standard InChI is InChI=1S/C13H25NO2/c1-8-6-7-12(9(8)2)14-11(4)10(3)13(15)16-5/h8-12,14H,6-7H2,1-5H3. The van der Waals surface area contributed by atoms with E-state index in [1.54, 1.807) is 0 Å². The molecule has 0 aromatic rings. The van der Waals surface area contributed by atoms with Crippen LogP contribution >= 0.6 is 0 Å². The maximum Gasteiger partial charge on any atom is 0.309 e. The Morgan fingerprint density at radius 1 is 1.31 bits per heavy atom. The van der Waals surface area contributed by atoms with Crippen molar-refractivity contribution in [2.75, 3.05) is 7.11 Å². The lowest BCUT2D eigenvalue weighted by molar-refractivity contribution is -0.145. The highest BCUT2D eigenvalue weighted by Gasteiger charge is 2.32. The number of carbonyl (C=O) groups is 1. The van der Waals surface area contributed by atoms with Crippen LogP contribution in [0, 0.1) is 17.8 Å². The first-order chi connectivity index (χ1) is 7.47. The van der Waals surface area contributed by atoms with Crippen molar-refractivity contribution in [3.63, 3.8) is 0 Å². The van der Waals surface area contributed by atoms with Gasteiger partial charge < -0.3 is 10.1 Å². The van der Waals surface area contributed by atoms with Crippen LogP contribution in [0.2, 0.25) is 0 Å². The molecule has 1 aliphatic rings. The Labute approximate surface area is 98.9 Å². The molecule has 16 heavy (non-hydrogen) atoms. The Morgan fingerprint density at radius 3 is 2.38 bits per heavy atom. The van der Waals surface area contributed by atoms with Crippen LogP contribution < -0.4 is 5.32 Å². The quantitative estimate of drug-likeness (QED) is 0.748. The molecule has 1 N–H and O–H groups in total. The van der Waals surface area contributed by atoms with Crippen molar-refractivity contribution in [3.05, 3.63) is 0 Å². The summed E-state index contributed by atoms with van der Waals surface area (Å²) in [5, 5.41) is 3.57. The number of nitrogens with one attached hydrogen (secondary N) is 1. The fourth-order valence-electron chi connectivity index (χ4n) is 2.47. The van der Waals surface area contributed by atoms with Gasteiger partial charge >= 0.3 is 5.97 Å². The number of ether oxygens (including phenoxy) is 1. The first kappa shape index (κ1) is 13.5. The summed E-state index contributed by atoms with van der Waals surface area (Å²) >= 11 is 0. The average molecular weight is 227 g/mol. The molecule has 1 fully saturated rings. The van der Waals surface area contributed by atoms with Gasteiger partial charge in [0.1, 0.15) is 0 Å². The van der Waals surface area contributed by atoms with Gasteiger partial charge in [0.25, 0.3) is 0 Å². The highest BCUT2D eigenvalue weighted by atomic mass is 16.5. The van der Waals surface area contributed by atoms with E-state index in [4.69, 9.17) is 4.74 Å². The molecule has 0 bridgehead atoms. The number of methoxy groups -OCH3 is 1. The van der Waals surface area contributed by atoms with Crippen LogP contribution in [0.5, 0.6) is 0 Å². The molecule has 0 heterocycles. The third-order valence-corrected chi connectivity index (χ3v) is 4.27. The Balaban J connectivity index is 2.45. The van der Waals surface area contributed by atoms with Crippen LogP contribution in [0.25, 0.3) is 0 Å². The lowest BCUT2D eigenvalue weighted by Crippen LogP contribution is -2.44. The molecule has 0 saturated heterocycles. The fraction of sp³-hybridized carbons (Fsp3) is 0.923. The molecule has 0 aliphatic heterocycles. The van der Waals surface area contributed by atoms with Crippen molar-refractivity contribution < 1.29 is 9.53 Å². The summed E-state index contributed by atoms with van der Waals surface area (Å²) in [5.74, 6) is 1.29. The summed E-state index contributed by atoms with van der Waals surface area (Å²) in [7, 11) is 1.45. The second-order valence-corrected chi connectivity index (χ2v) is 5.29. The second kappa shape index (κ2) is 5.67. The maximum absolute atomic E-state index is 11.4. The number of hydrogen-bond acceptors (Lipinski definition) is 3. The molecule has 94 valence electrons. The van der Waals surface area contributed by atoms with E-state index in [0.717, 1.165) is 5.92 Å². The monoisotopic (exact) mass is 227 g/mol. The van der Waals surface area contributed by atoms with E-state index in [0.29, 0.717) is 12.0 Å². The summed E-state index contributed by atoms with van der Waals surface area (Å²) in [6.45, 7) is 8.59. The molecule has 3 nitrogen and oxygen atoms in total. The van der Waals surface area contributed by atoms with Gasteiger partial charge in [-0.05, 0) is 31.6 Å². The smallest absolute Gasteiger partial charge is 0.309 e. The highest BCUT2D eigenvalue weighted by molar-refractivity contribution is 5.72. The van der Waals surface area contributed by atoms with Crippen LogP contribution in [-0.4, -0.2) is 25.2 Å². The molecule has 3 heteroatoms. The van der Waals surface area contributed by atoms with Gasteiger partial charge in [0, 0.05) is 12.1 Å². The fourth-order valence-corrected chi connectivity index (χ4v) is 2.47. The molecule has 0 radical (unpaired) electrons. The topological polar surface area (TPSA) is 38.3 Å². The zero-order chi connectivity index (χ0) is 12.3. The predicted molar refractivity (Wildman–Crippen MR) is 65.1 cm³/mol. The number of carbonyl (C=O) groups excluding carboxylic acids is 1. The first-order valence-corrected chi connectivity index (χ1v) is 6.31. The predicted octanol–water partition coefficient (Wildman–Crippen LogP) is 2.21. The SMILES string of the molecule is COC(=O)C(C)C(C)NC1CCC(C)C1C. The van der Waals surface area contributed by atoms with Crippen LogP contribution in [-0.2, 0) is 9.53 Å². The molecule has 5 unspecified atom stereocenters. The van der Waals surface area contributed by atoms with Crippen molar-refractivity contribution in [2.24, 2.45) is 17.8 Å². The van der Waals surface area contributed by atoms with Crippen molar-refractivity contribution in [1.82, 2.24) is 5.32 Å². The minimum atomic E-state index is -0.126. The zero-order valence-electron chi connectivity index (χ0n) is 11.1. The van der Waals surface area contributed by atoms with Gasteiger partial charge in [-0.15, -0.1) is 0 Å². The molecule has 1 rings (SSSR count). The molecule has 1 saturated carbocycles. The van der Waals surface area contributed by atoms with Gasteiger partial charge in [-0.1, -0.05) is 20.8 Å². The van der Waals surface area contributed by atoms with Crippen LogP contribution in [0.15, 0.2) is 0 Å². The van der Waals surface area contributed by atoms with E-state index in [9.17, 15) is 4.79 Å². The highest BCUT2D eigenvalue weighted by Crippen LogP contribution is 2.31. The summed E-state index contributed by atoms with van der Waals surface area (Å²) in [6, 6.07) is 0.738. The molecule has 0 aromatic carbocycles. The molecule has 5 atom stereocenters. The third-order valence-electron chi connectivity index (χ3n) is 4.27. The van der Waals surface area contributed by atoms with Gasteiger partial charge in [-0.25, -0.2) is 0 Å². The zero-order valence-corrected chi connectivity index (χ0v) is 11.1. The maximum atomic E-state index is 11.4. The summed E-state index contributed by atoms with van der Waals surface area (Å²) in [5.41, 5.74) is 0. The Morgan fingerprint density at radius 2 is 1.94 bits per heavy atom. The second-order valence-electron chi connectivity index (χ2n) is 5.29. The minimum Gasteiger partial charge on any atom is -0.469 e. The molecule has 0 amide bonds. The Bertz CT molecular complexity index is 242. The normalized spacial score (nSPS) is 33.4. The van der Waals surface area contributed by atoms with Crippen molar-refractivity contribution >= 4 is 5.97 Å². The van der Waals surface area contributed by atoms with Gasteiger partial charge in [-0.3, -0.25) is 4.79 Å². The van der Waals surface area contributed by atoms with E-state index in [2.05, 4.69) is 26.1 Å². The lowest BCUT2D eigenvalue weighted by Gasteiger charge is -2.26. The van der Waals surface area contributed by atoms with Crippen LogP contribution in [0.4, 0.5) is 0 Å². The lowest BCUT2D eigenvalue weighted by atomic mass is 9.95. The number of esters is 1. The van der Waals surface area contributed by atoms with Gasteiger partial charge in [0.05, 0.1) is 13.0 Å². The Kier molecular flexibility index (Phi) is 4.78. The Hall–Kier alpha value is -0.570. The van der Waals surface area contributed by atoms with Gasteiger partial charge in [-0.2, -0.15) is 0 Å². The van der Waals surface area contributed by atoms with Crippen LogP contribution in [0.3, 0.4) is 0 Å². The van der Waals surface area contributed by atoms with E-state index in [-0.39, 0.29) is 17.9 Å². The molecular weight excluding hydrogens is 202 g/mol. The largest absolute Gasteiger partial charge is 0.469 e. The molecule has 1 aliphatic carbocycles. The first-order valence-electron chi connectivity index (χ1n) is 6.31. The van der Waals surface area contributed by atoms with E-state index in [1.807, 2.05) is 6.92 Å². The number of hydrogen-bond donors (Lipinski definition) is 1. The van der Waals surface area contributed by atoms with E-state index >= 15 is 0 Å². The summed E-state index contributed by atoms with van der Waals surface area (Å²) < 4.78 is 4.77. The van der Waals surface area contributed by atoms with E-state index in [1.165, 1.54) is 20.0 Å². The molecular formula is C13H25NO2. The van der Waals surface area contributed by atoms with Crippen molar-refractivity contribution in [2.45, 2.75) is 52.6 Å². The van der Waals surface area contributed by atoms with E-state index < -0.39 is 0 Å². The average Bonchev–Trinajstić information content (AvgIpc) is 2.58. The minimum absolute atomic E-state index is 0.0758.